The SMILES string of the molecule is CNc1ccc(-c2ncc(-c3ccc(NC(=O)Oc4ccc([N+](=O)[O-])cc4)cc3[S+]([O-])NC(C)(C)C)s2)cc1. The predicted octanol–water partition coefficient (Wildman–Crippen LogP) is 6.45. The van der Waals surface area contributed by atoms with E-state index in [1.54, 1.807) is 24.4 Å². The number of carbonyl (C=O) groups is 1. The van der Waals surface area contributed by atoms with Gasteiger partial charge in [0.1, 0.15) is 10.8 Å². The van der Waals surface area contributed by atoms with Gasteiger partial charge in [-0.1, -0.05) is 0 Å². The minimum atomic E-state index is -1.61. The molecule has 10 nitrogen and oxygen atoms in total. The molecule has 3 N–H and O–H groups in total. The summed E-state index contributed by atoms with van der Waals surface area (Å²) in [5.41, 5.74) is 2.50. The van der Waals surface area contributed by atoms with Gasteiger partial charge in [-0.2, -0.15) is 0 Å². The zero-order valence-electron chi connectivity index (χ0n) is 21.7. The zero-order valence-corrected chi connectivity index (χ0v) is 23.3. The van der Waals surface area contributed by atoms with Crippen LogP contribution >= 0.6 is 11.3 Å². The summed E-state index contributed by atoms with van der Waals surface area (Å²) < 4.78 is 21.7. The number of nitro benzene ring substituents is 1. The Hall–Kier alpha value is -3.97. The Balaban J connectivity index is 1.59. The predicted molar refractivity (Wildman–Crippen MR) is 155 cm³/mol. The van der Waals surface area contributed by atoms with Gasteiger partial charge in [-0.15, -0.1) is 16.1 Å². The van der Waals surface area contributed by atoms with Crippen LogP contribution in [-0.2, 0) is 11.4 Å². The maximum Gasteiger partial charge on any atom is 0.417 e. The fourth-order valence-corrected chi connectivity index (χ4v) is 5.79. The molecule has 0 bridgehead atoms. The maximum absolute atomic E-state index is 13.4. The van der Waals surface area contributed by atoms with Crippen LogP contribution in [0.15, 0.2) is 77.8 Å². The van der Waals surface area contributed by atoms with Crippen LogP contribution in [0, 0.1) is 10.1 Å². The number of thiazole rings is 1. The highest BCUT2D eigenvalue weighted by Gasteiger charge is 2.26. The second-order valence-electron chi connectivity index (χ2n) is 9.45. The lowest BCUT2D eigenvalue weighted by Crippen LogP contribution is -2.40. The quantitative estimate of drug-likeness (QED) is 0.126. The molecule has 0 aliphatic heterocycles. The van der Waals surface area contributed by atoms with Gasteiger partial charge in [-0.3, -0.25) is 15.4 Å². The Kier molecular flexibility index (Phi) is 8.51. The van der Waals surface area contributed by atoms with E-state index in [0.717, 1.165) is 26.7 Å². The summed E-state index contributed by atoms with van der Waals surface area (Å²) in [6.07, 6.45) is 0.955. The van der Waals surface area contributed by atoms with Gasteiger partial charge in [0.15, 0.2) is 4.90 Å². The monoisotopic (exact) mass is 565 g/mol. The van der Waals surface area contributed by atoms with E-state index < -0.39 is 27.9 Å². The van der Waals surface area contributed by atoms with E-state index in [0.29, 0.717) is 10.6 Å². The molecule has 202 valence electrons. The summed E-state index contributed by atoms with van der Waals surface area (Å²) in [7, 11) is 1.86. The first-order chi connectivity index (χ1) is 18.5. The van der Waals surface area contributed by atoms with E-state index in [2.05, 4.69) is 20.3 Å². The van der Waals surface area contributed by atoms with Crippen LogP contribution in [0.5, 0.6) is 5.75 Å². The molecular weight excluding hydrogens is 538 g/mol. The molecule has 0 spiro atoms. The van der Waals surface area contributed by atoms with Gasteiger partial charge in [-0.05, 0) is 69.3 Å². The number of amides is 1. The number of nitro groups is 1. The number of nitrogens with one attached hydrogen (secondary N) is 3. The number of non-ortho nitro benzene ring substituents is 1. The molecule has 1 amide bonds. The first-order valence-electron chi connectivity index (χ1n) is 11.8. The Bertz CT molecular complexity index is 1470. The molecule has 1 aromatic heterocycles. The van der Waals surface area contributed by atoms with Crippen molar-refractivity contribution < 1.29 is 19.0 Å². The smallest absolute Gasteiger partial charge is 0.417 e. The highest BCUT2D eigenvalue weighted by atomic mass is 32.2. The number of nitrogens with zero attached hydrogens (tertiary/aromatic N) is 2. The van der Waals surface area contributed by atoms with Gasteiger partial charge in [0.2, 0.25) is 0 Å². The van der Waals surface area contributed by atoms with Crippen LogP contribution in [0.2, 0.25) is 0 Å². The number of rotatable bonds is 8. The van der Waals surface area contributed by atoms with E-state index in [-0.39, 0.29) is 11.4 Å². The Labute approximate surface area is 232 Å². The molecule has 4 rings (SSSR count). The van der Waals surface area contributed by atoms with Crippen molar-refractivity contribution in [3.63, 3.8) is 0 Å². The summed E-state index contributed by atoms with van der Waals surface area (Å²) >= 11 is -0.137. The topological polar surface area (TPSA) is 141 Å². The summed E-state index contributed by atoms with van der Waals surface area (Å²) in [4.78, 5) is 28.7. The maximum atomic E-state index is 13.4. The highest BCUT2D eigenvalue weighted by molar-refractivity contribution is 7.89. The summed E-state index contributed by atoms with van der Waals surface area (Å²) in [5, 5.41) is 17.4. The van der Waals surface area contributed by atoms with Gasteiger partial charge in [0, 0.05) is 48.4 Å². The average molecular weight is 566 g/mol. The number of aromatic nitrogens is 1. The molecule has 12 heteroatoms. The molecule has 39 heavy (non-hydrogen) atoms. The van der Waals surface area contributed by atoms with E-state index in [9.17, 15) is 19.5 Å². The van der Waals surface area contributed by atoms with Gasteiger partial charge >= 0.3 is 6.09 Å². The number of benzene rings is 3. The van der Waals surface area contributed by atoms with Crippen molar-refractivity contribution in [1.29, 1.82) is 0 Å². The van der Waals surface area contributed by atoms with Crippen LogP contribution in [0.1, 0.15) is 20.8 Å². The van der Waals surface area contributed by atoms with Gasteiger partial charge in [-0.25, -0.2) is 9.78 Å². The van der Waals surface area contributed by atoms with Crippen molar-refractivity contribution in [2.24, 2.45) is 0 Å². The molecule has 0 saturated heterocycles. The molecule has 4 aromatic rings. The fourth-order valence-electron chi connectivity index (χ4n) is 3.49. The molecule has 0 aliphatic rings. The largest absolute Gasteiger partial charge is 0.593 e. The molecule has 0 radical (unpaired) electrons. The van der Waals surface area contributed by atoms with Crippen LogP contribution in [0.3, 0.4) is 0 Å². The van der Waals surface area contributed by atoms with Gasteiger partial charge in [0.05, 0.1) is 32.3 Å². The third-order valence-electron chi connectivity index (χ3n) is 5.28. The number of carbonyl (C=O) groups excluding carboxylic acids is 1. The molecule has 1 heterocycles. The molecule has 1 atom stereocenters. The Morgan fingerprint density at radius 3 is 2.31 bits per heavy atom. The lowest BCUT2D eigenvalue weighted by molar-refractivity contribution is -0.384. The number of anilines is 2. The van der Waals surface area contributed by atoms with Crippen LogP contribution < -0.4 is 20.1 Å². The fraction of sp³-hybridized carbons (Fsp3) is 0.185. The van der Waals surface area contributed by atoms with E-state index >= 15 is 0 Å². The van der Waals surface area contributed by atoms with Crippen molar-refractivity contribution in [3.8, 4) is 26.8 Å². The number of hydrogen-bond donors (Lipinski definition) is 3. The summed E-state index contributed by atoms with van der Waals surface area (Å²) in [6, 6.07) is 18.2. The van der Waals surface area contributed by atoms with E-state index in [1.807, 2.05) is 52.1 Å². The molecule has 0 fully saturated rings. The van der Waals surface area contributed by atoms with Crippen molar-refractivity contribution in [3.05, 3.63) is 83.0 Å². The highest BCUT2D eigenvalue weighted by Crippen LogP contribution is 2.37. The number of hydrogen-bond acceptors (Lipinski definition) is 9. The third kappa shape index (κ3) is 7.33. The molecule has 3 aromatic carbocycles. The molecule has 1 unspecified atom stereocenters. The second kappa shape index (κ2) is 11.8. The lowest BCUT2D eigenvalue weighted by atomic mass is 10.1. The second-order valence-corrected chi connectivity index (χ2v) is 11.7. The average Bonchev–Trinajstić information content (AvgIpc) is 3.38. The first kappa shape index (κ1) is 28.0. The van der Waals surface area contributed by atoms with E-state index in [4.69, 9.17) is 4.74 Å². The van der Waals surface area contributed by atoms with E-state index in [1.165, 1.54) is 35.6 Å². The molecule has 0 saturated carbocycles. The van der Waals surface area contributed by atoms with Gasteiger partial charge < -0.3 is 14.6 Å². The lowest BCUT2D eigenvalue weighted by Gasteiger charge is -2.23. The Morgan fingerprint density at radius 1 is 1.03 bits per heavy atom. The standard InChI is InChI=1S/C27H27N5O5S2/c1-27(2,3)31-39(36)24-15-19(30-26(33)37-21-12-10-20(11-13-21)32(34)35)9-14-22(24)23-16-29-25(38-23)17-5-7-18(28-4)8-6-17/h5-16,28,31H,1-4H3,(H,30,33). The van der Waals surface area contributed by atoms with Crippen LogP contribution in [0.4, 0.5) is 21.9 Å². The molecule has 0 aliphatic carbocycles. The zero-order chi connectivity index (χ0) is 28.2. The minimum absolute atomic E-state index is 0.113. The van der Waals surface area contributed by atoms with Gasteiger partial charge in [0.25, 0.3) is 5.69 Å². The van der Waals surface area contributed by atoms with Crippen molar-refractivity contribution in [2.45, 2.75) is 31.2 Å². The normalized spacial score (nSPS) is 12.0. The first-order valence-corrected chi connectivity index (χ1v) is 13.8. The van der Waals surface area contributed by atoms with Crippen molar-refractivity contribution >= 4 is 45.9 Å². The van der Waals surface area contributed by atoms with Crippen molar-refractivity contribution in [1.82, 2.24) is 9.71 Å². The van der Waals surface area contributed by atoms with Crippen molar-refractivity contribution in [2.75, 3.05) is 17.7 Å². The molecular formula is C27H27N5O5S2. The van der Waals surface area contributed by atoms with Crippen LogP contribution in [0.25, 0.3) is 21.0 Å². The van der Waals surface area contributed by atoms with Crippen LogP contribution in [-0.4, -0.2) is 33.1 Å². The number of ether oxygens (including phenoxy) is 1. The minimum Gasteiger partial charge on any atom is -0.593 e. The summed E-state index contributed by atoms with van der Waals surface area (Å²) in [5.74, 6) is 0.146. The Morgan fingerprint density at radius 2 is 1.69 bits per heavy atom. The summed E-state index contributed by atoms with van der Waals surface area (Å²) in [6.45, 7) is 5.73. The third-order valence-corrected chi connectivity index (χ3v) is 7.89.